The average molecular weight is 613 g/mol. The van der Waals surface area contributed by atoms with Gasteiger partial charge in [-0.05, 0) is 72.1 Å². The van der Waals surface area contributed by atoms with Crippen LogP contribution in [0.1, 0.15) is 0 Å². The van der Waals surface area contributed by atoms with Crippen LogP contribution in [0, 0.1) is 0 Å². The molecule has 7 aromatic carbocycles. The highest BCUT2D eigenvalue weighted by Gasteiger charge is 2.14. The van der Waals surface area contributed by atoms with E-state index in [9.17, 15) is 0 Å². The van der Waals surface area contributed by atoms with E-state index < -0.39 is 0 Å². The Kier molecular flexibility index (Phi) is 6.76. The minimum absolute atomic E-state index is 0.609. The van der Waals surface area contributed by atoms with Gasteiger partial charge >= 0.3 is 0 Å². The summed E-state index contributed by atoms with van der Waals surface area (Å²) >= 11 is 0. The Morgan fingerprint density at radius 1 is 0.250 bits per heavy atom. The van der Waals surface area contributed by atoms with Crippen molar-refractivity contribution in [1.82, 2.24) is 19.9 Å². The largest absolute Gasteiger partial charge is 0.265 e. The minimum Gasteiger partial charge on any atom is -0.265 e. The topological polar surface area (TPSA) is 51.6 Å². The zero-order valence-corrected chi connectivity index (χ0v) is 26.0. The molecule has 0 radical (unpaired) electrons. The summed E-state index contributed by atoms with van der Waals surface area (Å²) in [6.07, 6.45) is 3.53. The number of hydrogen-bond acceptors (Lipinski definition) is 4. The van der Waals surface area contributed by atoms with Crippen LogP contribution in [0.25, 0.3) is 88.0 Å². The molecule has 4 nitrogen and oxygen atoms in total. The molecule has 0 amide bonds. The lowest BCUT2D eigenvalue weighted by molar-refractivity contribution is 1.07. The fourth-order valence-corrected chi connectivity index (χ4v) is 6.80. The second-order valence-electron chi connectivity index (χ2n) is 11.9. The molecule has 0 aliphatic carbocycles. The number of benzene rings is 6. The van der Waals surface area contributed by atoms with Crippen molar-refractivity contribution >= 4 is 53.9 Å². The van der Waals surface area contributed by atoms with E-state index in [0.717, 1.165) is 32.8 Å². The summed E-state index contributed by atoms with van der Waals surface area (Å²) in [5.74, 6) is 1.85. The van der Waals surface area contributed by atoms with Crippen molar-refractivity contribution in [2.45, 2.75) is 0 Å². The molecule has 9 aromatic rings. The number of rotatable bonds is 3. The number of fused-ring (bicyclic) bond motifs is 10. The normalized spacial score (nSPS) is 11.3. The maximum atomic E-state index is 5.05. The van der Waals surface area contributed by atoms with Crippen molar-refractivity contribution < 1.29 is 0 Å². The lowest BCUT2D eigenvalue weighted by atomic mass is 9.94. The lowest BCUT2D eigenvalue weighted by Crippen LogP contribution is -2.00. The average Bonchev–Trinajstić information content (AvgIpc) is 3.18. The van der Waals surface area contributed by atoms with E-state index in [2.05, 4.69) is 120 Å². The molecule has 0 saturated heterocycles. The summed E-state index contributed by atoms with van der Waals surface area (Å²) in [7, 11) is 0. The third kappa shape index (κ3) is 4.79. The van der Waals surface area contributed by atoms with Crippen molar-refractivity contribution in [3.8, 4) is 34.2 Å². The van der Waals surface area contributed by atoms with E-state index in [-0.39, 0.29) is 0 Å². The highest BCUT2D eigenvalue weighted by Crippen LogP contribution is 2.37. The molecule has 0 spiro atoms. The Hall–Kier alpha value is -6.52. The van der Waals surface area contributed by atoms with Gasteiger partial charge in [-0.2, -0.15) is 0 Å². The molecule has 2 heterocycles. The Labute approximate surface area is 277 Å². The van der Waals surface area contributed by atoms with Gasteiger partial charge < -0.3 is 0 Å². The Balaban J connectivity index is 1.45. The van der Waals surface area contributed by atoms with E-state index >= 15 is 0 Å². The van der Waals surface area contributed by atoms with Crippen LogP contribution in [0.4, 0.5) is 0 Å². The van der Waals surface area contributed by atoms with E-state index in [0.29, 0.717) is 17.5 Å². The van der Waals surface area contributed by atoms with Crippen LogP contribution in [0.3, 0.4) is 0 Å². The molecule has 9 rings (SSSR count). The van der Waals surface area contributed by atoms with Gasteiger partial charge in [-0.15, -0.1) is 0 Å². The Morgan fingerprint density at radius 2 is 0.583 bits per heavy atom. The van der Waals surface area contributed by atoms with Crippen LogP contribution in [0.5, 0.6) is 0 Å². The maximum absolute atomic E-state index is 5.05. The molecular weight excluding hydrogens is 585 g/mol. The fourth-order valence-electron chi connectivity index (χ4n) is 6.80. The van der Waals surface area contributed by atoms with E-state index in [1.54, 1.807) is 12.4 Å². The van der Waals surface area contributed by atoms with Gasteiger partial charge in [0, 0.05) is 29.1 Å². The van der Waals surface area contributed by atoms with Crippen molar-refractivity contribution in [1.29, 1.82) is 0 Å². The second-order valence-corrected chi connectivity index (χ2v) is 11.9. The molecule has 0 N–H and O–H groups in total. The molecule has 0 aliphatic rings. The molecule has 2 aromatic heterocycles. The first kappa shape index (κ1) is 27.8. The summed E-state index contributed by atoms with van der Waals surface area (Å²) in [4.78, 5) is 19.2. The number of pyridine rings is 1. The van der Waals surface area contributed by atoms with Crippen molar-refractivity contribution in [3.05, 3.63) is 170 Å². The Morgan fingerprint density at radius 3 is 1.02 bits per heavy atom. The van der Waals surface area contributed by atoms with Crippen LogP contribution in [0.15, 0.2) is 170 Å². The third-order valence-electron chi connectivity index (χ3n) is 9.04. The predicted molar refractivity (Wildman–Crippen MR) is 199 cm³/mol. The molecule has 0 bridgehead atoms. The van der Waals surface area contributed by atoms with E-state index in [4.69, 9.17) is 15.0 Å². The quantitative estimate of drug-likeness (QED) is 0.199. The van der Waals surface area contributed by atoms with Gasteiger partial charge in [0.25, 0.3) is 0 Å². The molecule has 4 heteroatoms. The van der Waals surface area contributed by atoms with E-state index in [1.807, 2.05) is 42.5 Å². The molecule has 0 aliphatic heterocycles. The molecule has 0 unspecified atom stereocenters. The number of hydrogen-bond donors (Lipinski definition) is 0. The molecule has 48 heavy (non-hydrogen) atoms. The van der Waals surface area contributed by atoms with E-state index in [1.165, 1.54) is 37.7 Å². The van der Waals surface area contributed by atoms with Crippen LogP contribution < -0.4 is 0 Å². The highest BCUT2D eigenvalue weighted by atomic mass is 15.0. The van der Waals surface area contributed by atoms with Gasteiger partial charge in [0.2, 0.25) is 0 Å². The standard InChI is InChI=1S/C44H28N4/c1-2-12-29(13-3-1)42-46-43(30-24-26-45-27-25-30)48-44(47-42)31-22-23-40-38-20-9-8-18-36(38)34-16-5-4-14-32(34)33-15-6-7-17-35(33)37-19-10-11-21-39(37)41(40)28-31/h1-28H. The van der Waals surface area contributed by atoms with Crippen LogP contribution in [-0.4, -0.2) is 19.9 Å². The molecular formula is C44H28N4. The summed E-state index contributed by atoms with van der Waals surface area (Å²) in [6, 6.07) is 55.5. The minimum atomic E-state index is 0.609. The predicted octanol–water partition coefficient (Wildman–Crippen LogP) is 11.2. The first-order valence-electron chi connectivity index (χ1n) is 16.1. The zero-order valence-electron chi connectivity index (χ0n) is 26.0. The molecule has 0 fully saturated rings. The smallest absolute Gasteiger partial charge is 0.164 e. The van der Waals surface area contributed by atoms with Gasteiger partial charge in [0.15, 0.2) is 17.5 Å². The second kappa shape index (κ2) is 11.7. The Bertz CT molecular complexity index is 2590. The van der Waals surface area contributed by atoms with Crippen LogP contribution >= 0.6 is 0 Å². The lowest BCUT2D eigenvalue weighted by Gasteiger charge is -2.11. The maximum Gasteiger partial charge on any atom is 0.164 e. The third-order valence-corrected chi connectivity index (χ3v) is 9.04. The van der Waals surface area contributed by atoms with Crippen molar-refractivity contribution in [3.63, 3.8) is 0 Å². The summed E-state index contributed by atoms with van der Waals surface area (Å²) in [6.45, 7) is 0. The fraction of sp³-hybridized carbons (Fsp3) is 0. The van der Waals surface area contributed by atoms with Crippen LogP contribution in [0.2, 0.25) is 0 Å². The SMILES string of the molecule is c1ccc(-c2nc(-c3ccncc3)nc(-c3ccc4c5ccccc5c5ccccc5c5ccccc5c5ccccc5c4c3)n2)cc1. The monoisotopic (exact) mass is 612 g/mol. The molecule has 0 atom stereocenters. The molecule has 0 saturated carbocycles. The first-order valence-corrected chi connectivity index (χ1v) is 16.1. The zero-order chi connectivity index (χ0) is 31.9. The number of nitrogens with zero attached hydrogens (tertiary/aromatic N) is 4. The molecule has 224 valence electrons. The summed E-state index contributed by atoms with van der Waals surface area (Å²) in [5, 5.41) is 11.8. The van der Waals surface area contributed by atoms with Gasteiger partial charge in [0.05, 0.1) is 0 Å². The highest BCUT2D eigenvalue weighted by molar-refractivity contribution is 6.26. The van der Waals surface area contributed by atoms with Crippen molar-refractivity contribution in [2.75, 3.05) is 0 Å². The van der Waals surface area contributed by atoms with Gasteiger partial charge in [-0.25, -0.2) is 15.0 Å². The van der Waals surface area contributed by atoms with Gasteiger partial charge in [-0.3, -0.25) is 4.98 Å². The number of aromatic nitrogens is 4. The van der Waals surface area contributed by atoms with Crippen molar-refractivity contribution in [2.24, 2.45) is 0 Å². The summed E-state index contributed by atoms with van der Waals surface area (Å²) < 4.78 is 0. The van der Waals surface area contributed by atoms with Gasteiger partial charge in [0.1, 0.15) is 0 Å². The summed E-state index contributed by atoms with van der Waals surface area (Å²) in [5.41, 5.74) is 2.74. The van der Waals surface area contributed by atoms with Gasteiger partial charge in [-0.1, -0.05) is 140 Å². The van der Waals surface area contributed by atoms with Crippen LogP contribution in [-0.2, 0) is 0 Å². The first-order chi connectivity index (χ1) is 23.8.